The lowest BCUT2D eigenvalue weighted by molar-refractivity contribution is -0.182. The van der Waals surface area contributed by atoms with E-state index < -0.39 is 11.7 Å². The van der Waals surface area contributed by atoms with Gasteiger partial charge in [0.05, 0.1) is 9.77 Å². The van der Waals surface area contributed by atoms with Crippen LogP contribution in [0.25, 0.3) is 0 Å². The molecule has 1 fully saturated rings. The minimum Gasteiger partial charge on any atom is -0.238 e. The van der Waals surface area contributed by atoms with Crippen LogP contribution in [0.3, 0.4) is 0 Å². The van der Waals surface area contributed by atoms with Gasteiger partial charge in [-0.05, 0) is 35.4 Å². The average Bonchev–Trinajstić information content (AvgIpc) is 2.79. The Morgan fingerprint density at radius 2 is 2.07 bits per heavy atom. The van der Waals surface area contributed by atoms with E-state index in [1.807, 2.05) is 22.6 Å². The van der Waals surface area contributed by atoms with Crippen molar-refractivity contribution in [1.82, 2.24) is 9.78 Å². The number of nitrogens with zero attached hydrogens (tertiary/aromatic N) is 2. The maximum Gasteiger partial charge on any atom is 0.413 e. The average molecular weight is 336 g/mol. The van der Waals surface area contributed by atoms with Crippen LogP contribution >= 0.6 is 34.2 Å². The van der Waals surface area contributed by atoms with E-state index >= 15 is 0 Å². The van der Waals surface area contributed by atoms with Gasteiger partial charge in [0, 0.05) is 0 Å². The Hall–Kier alpha value is 0.0200. The second kappa shape index (κ2) is 3.01. The summed E-state index contributed by atoms with van der Waals surface area (Å²) in [5.74, 6) is 0. The first-order valence-corrected chi connectivity index (χ1v) is 5.30. The summed E-state index contributed by atoms with van der Waals surface area (Å²) in [6.45, 7) is 0. The summed E-state index contributed by atoms with van der Waals surface area (Å²) in [4.78, 5) is 0. The van der Waals surface area contributed by atoms with Crippen LogP contribution in [-0.2, 0) is 5.54 Å². The molecule has 1 saturated carbocycles. The summed E-state index contributed by atoms with van der Waals surface area (Å²) in [5.41, 5.74) is -1.84. The van der Waals surface area contributed by atoms with Crippen molar-refractivity contribution in [1.29, 1.82) is 0 Å². The standard InChI is InChI=1S/C7H5ClF3IN2/c8-5-4(12)3-13-14(5)6(1-2-6)7(9,10)11/h3H,1-2H2. The fraction of sp³-hybridized carbons (Fsp3) is 0.571. The van der Waals surface area contributed by atoms with Crippen LogP contribution in [0.5, 0.6) is 0 Å². The number of aromatic nitrogens is 2. The molecule has 0 unspecified atom stereocenters. The van der Waals surface area contributed by atoms with E-state index in [-0.39, 0.29) is 18.0 Å². The van der Waals surface area contributed by atoms with Crippen molar-refractivity contribution in [2.45, 2.75) is 24.6 Å². The van der Waals surface area contributed by atoms with Crippen LogP contribution in [0, 0.1) is 3.57 Å². The molecular weight excluding hydrogens is 331 g/mol. The van der Waals surface area contributed by atoms with Crippen molar-refractivity contribution in [2.24, 2.45) is 0 Å². The number of hydrogen-bond donors (Lipinski definition) is 0. The summed E-state index contributed by atoms with van der Waals surface area (Å²) < 4.78 is 39.4. The molecule has 0 bridgehead atoms. The highest BCUT2D eigenvalue weighted by atomic mass is 127. The molecule has 14 heavy (non-hydrogen) atoms. The zero-order chi connectivity index (χ0) is 10.6. The van der Waals surface area contributed by atoms with E-state index in [1.54, 1.807) is 0 Å². The molecule has 0 spiro atoms. The Labute approximate surface area is 96.6 Å². The Morgan fingerprint density at radius 1 is 1.50 bits per heavy atom. The van der Waals surface area contributed by atoms with Crippen LogP contribution in [0.2, 0.25) is 5.15 Å². The van der Waals surface area contributed by atoms with Gasteiger partial charge in [0.15, 0.2) is 5.54 Å². The molecule has 0 amide bonds. The fourth-order valence-corrected chi connectivity index (χ4v) is 1.95. The van der Waals surface area contributed by atoms with Crippen molar-refractivity contribution in [2.75, 3.05) is 0 Å². The summed E-state index contributed by atoms with van der Waals surface area (Å²) in [7, 11) is 0. The molecule has 0 atom stereocenters. The first-order chi connectivity index (χ1) is 6.38. The predicted octanol–water partition coefficient (Wildman–Crippen LogP) is 3.19. The number of alkyl halides is 3. The monoisotopic (exact) mass is 336 g/mol. The van der Waals surface area contributed by atoms with E-state index in [2.05, 4.69) is 5.10 Å². The molecule has 0 N–H and O–H groups in total. The molecule has 0 aliphatic heterocycles. The second-order valence-corrected chi connectivity index (χ2v) is 4.74. The molecule has 1 aromatic heterocycles. The predicted molar refractivity (Wildman–Crippen MR) is 53.2 cm³/mol. The summed E-state index contributed by atoms with van der Waals surface area (Å²) in [6, 6.07) is 0. The van der Waals surface area contributed by atoms with Crippen molar-refractivity contribution in [3.05, 3.63) is 14.9 Å². The van der Waals surface area contributed by atoms with Gasteiger partial charge in [-0.1, -0.05) is 11.6 Å². The van der Waals surface area contributed by atoms with Gasteiger partial charge < -0.3 is 0 Å². The topological polar surface area (TPSA) is 17.8 Å². The van der Waals surface area contributed by atoms with Crippen LogP contribution in [0.15, 0.2) is 6.20 Å². The number of hydrogen-bond acceptors (Lipinski definition) is 1. The van der Waals surface area contributed by atoms with Crippen molar-refractivity contribution < 1.29 is 13.2 Å². The van der Waals surface area contributed by atoms with Crippen molar-refractivity contribution in [3.8, 4) is 0 Å². The Kier molecular flexibility index (Phi) is 2.26. The van der Waals surface area contributed by atoms with Gasteiger partial charge in [-0.3, -0.25) is 0 Å². The molecule has 1 aliphatic carbocycles. The highest BCUT2D eigenvalue weighted by Crippen LogP contribution is 2.56. The minimum absolute atomic E-state index is 0.0635. The normalized spacial score (nSPS) is 19.8. The smallest absolute Gasteiger partial charge is 0.238 e. The summed E-state index contributed by atoms with van der Waals surface area (Å²) >= 11 is 7.59. The van der Waals surface area contributed by atoms with Gasteiger partial charge in [-0.15, -0.1) is 0 Å². The third-order valence-electron chi connectivity index (χ3n) is 2.33. The molecular formula is C7H5ClF3IN2. The maximum absolute atomic E-state index is 12.6. The quantitative estimate of drug-likeness (QED) is 0.720. The van der Waals surface area contributed by atoms with Gasteiger partial charge in [-0.2, -0.15) is 18.3 Å². The molecule has 2 nitrogen and oxygen atoms in total. The van der Waals surface area contributed by atoms with Crippen molar-refractivity contribution >= 4 is 34.2 Å². The highest BCUT2D eigenvalue weighted by Gasteiger charge is 2.66. The largest absolute Gasteiger partial charge is 0.413 e. The van der Waals surface area contributed by atoms with Crippen LogP contribution in [0.1, 0.15) is 12.8 Å². The maximum atomic E-state index is 12.6. The second-order valence-electron chi connectivity index (χ2n) is 3.22. The SMILES string of the molecule is FC(F)(F)C1(n2ncc(I)c2Cl)CC1. The molecule has 0 saturated heterocycles. The van der Waals surface area contributed by atoms with Crippen molar-refractivity contribution in [3.63, 3.8) is 0 Å². The number of halogens is 5. The Morgan fingerprint density at radius 3 is 2.36 bits per heavy atom. The zero-order valence-electron chi connectivity index (χ0n) is 6.78. The molecule has 1 aliphatic rings. The lowest BCUT2D eigenvalue weighted by Crippen LogP contribution is -2.35. The first-order valence-electron chi connectivity index (χ1n) is 3.85. The summed E-state index contributed by atoms with van der Waals surface area (Å²) in [5, 5.41) is 3.74. The molecule has 1 heterocycles. The Balaban J connectivity index is 2.46. The lowest BCUT2D eigenvalue weighted by Gasteiger charge is -2.20. The van der Waals surface area contributed by atoms with Crippen LogP contribution < -0.4 is 0 Å². The molecule has 78 valence electrons. The molecule has 1 aromatic rings. The van der Waals surface area contributed by atoms with E-state index in [1.165, 1.54) is 6.20 Å². The van der Waals surface area contributed by atoms with Gasteiger partial charge in [-0.25, -0.2) is 4.68 Å². The molecule has 0 radical (unpaired) electrons. The highest BCUT2D eigenvalue weighted by molar-refractivity contribution is 14.1. The van der Waals surface area contributed by atoms with Crippen LogP contribution in [0.4, 0.5) is 13.2 Å². The van der Waals surface area contributed by atoms with Gasteiger partial charge >= 0.3 is 6.18 Å². The fourth-order valence-electron chi connectivity index (χ4n) is 1.35. The van der Waals surface area contributed by atoms with E-state index in [9.17, 15) is 13.2 Å². The third-order valence-corrected chi connectivity index (χ3v) is 3.80. The number of rotatable bonds is 1. The van der Waals surface area contributed by atoms with Gasteiger partial charge in [0.25, 0.3) is 0 Å². The van der Waals surface area contributed by atoms with Gasteiger partial charge in [0.2, 0.25) is 0 Å². The molecule has 2 rings (SSSR count). The van der Waals surface area contributed by atoms with Gasteiger partial charge in [0.1, 0.15) is 5.15 Å². The first kappa shape index (κ1) is 10.5. The van der Waals surface area contributed by atoms with Crippen LogP contribution in [-0.4, -0.2) is 16.0 Å². The van der Waals surface area contributed by atoms with E-state index in [0.29, 0.717) is 3.57 Å². The zero-order valence-corrected chi connectivity index (χ0v) is 9.69. The Bertz CT molecular complexity index is 370. The summed E-state index contributed by atoms with van der Waals surface area (Å²) in [6.07, 6.45) is -2.80. The van der Waals surface area contributed by atoms with E-state index in [0.717, 1.165) is 4.68 Å². The third kappa shape index (κ3) is 1.34. The van der Waals surface area contributed by atoms with E-state index in [4.69, 9.17) is 11.6 Å². The minimum atomic E-state index is -4.27. The molecule has 7 heteroatoms. The molecule has 0 aromatic carbocycles. The lowest BCUT2D eigenvalue weighted by atomic mass is 10.3.